The summed E-state index contributed by atoms with van der Waals surface area (Å²) in [6.07, 6.45) is 0. The summed E-state index contributed by atoms with van der Waals surface area (Å²) in [4.78, 5) is 23.4. The standard InChI is InChI=1S/C23H16N2O3/c26-23(21-10-5-7-16-6-1-2-8-19(16)21)24-22-11-4-3-9-20(22)17-12-14-18(15-13-17)25(27)28/h1-15H,(H,24,26). The summed E-state index contributed by atoms with van der Waals surface area (Å²) in [6.45, 7) is 0. The first kappa shape index (κ1) is 17.4. The Labute approximate surface area is 161 Å². The monoisotopic (exact) mass is 368 g/mol. The van der Waals surface area contributed by atoms with Crippen molar-refractivity contribution in [2.45, 2.75) is 0 Å². The van der Waals surface area contributed by atoms with E-state index in [2.05, 4.69) is 5.32 Å². The van der Waals surface area contributed by atoms with Gasteiger partial charge in [-0.15, -0.1) is 0 Å². The highest BCUT2D eigenvalue weighted by molar-refractivity contribution is 6.13. The smallest absolute Gasteiger partial charge is 0.269 e. The highest BCUT2D eigenvalue weighted by Gasteiger charge is 2.13. The molecule has 1 amide bonds. The van der Waals surface area contributed by atoms with E-state index >= 15 is 0 Å². The van der Waals surface area contributed by atoms with E-state index < -0.39 is 4.92 Å². The topological polar surface area (TPSA) is 72.2 Å². The molecule has 0 fully saturated rings. The molecule has 28 heavy (non-hydrogen) atoms. The number of nitro groups is 1. The van der Waals surface area contributed by atoms with Gasteiger partial charge in [0.2, 0.25) is 0 Å². The average molecular weight is 368 g/mol. The second-order valence-corrected chi connectivity index (χ2v) is 6.33. The van der Waals surface area contributed by atoms with Crippen LogP contribution in [0.4, 0.5) is 11.4 Å². The second kappa shape index (κ2) is 7.32. The molecular weight excluding hydrogens is 352 g/mol. The first-order valence-electron chi connectivity index (χ1n) is 8.76. The minimum Gasteiger partial charge on any atom is -0.321 e. The van der Waals surface area contributed by atoms with Crippen molar-refractivity contribution >= 4 is 28.1 Å². The number of benzene rings is 4. The van der Waals surface area contributed by atoms with Gasteiger partial charge in [0.1, 0.15) is 0 Å². The second-order valence-electron chi connectivity index (χ2n) is 6.33. The van der Waals surface area contributed by atoms with Crippen molar-refractivity contribution in [2.24, 2.45) is 0 Å². The lowest BCUT2D eigenvalue weighted by molar-refractivity contribution is -0.384. The Hall–Kier alpha value is -3.99. The minimum absolute atomic E-state index is 0.0287. The number of anilines is 1. The first-order valence-corrected chi connectivity index (χ1v) is 8.76. The summed E-state index contributed by atoms with van der Waals surface area (Å²) < 4.78 is 0. The Balaban J connectivity index is 1.69. The Morgan fingerprint density at radius 1 is 0.786 bits per heavy atom. The lowest BCUT2D eigenvalue weighted by Gasteiger charge is -2.12. The van der Waals surface area contributed by atoms with E-state index in [1.54, 1.807) is 18.2 Å². The van der Waals surface area contributed by atoms with Crippen LogP contribution in [0.5, 0.6) is 0 Å². The molecule has 0 atom stereocenters. The van der Waals surface area contributed by atoms with Crippen LogP contribution in [-0.4, -0.2) is 10.8 Å². The van der Waals surface area contributed by atoms with Gasteiger partial charge in [0.05, 0.1) is 4.92 Å². The van der Waals surface area contributed by atoms with Crippen molar-refractivity contribution in [2.75, 3.05) is 5.32 Å². The van der Waals surface area contributed by atoms with E-state index in [0.29, 0.717) is 11.3 Å². The van der Waals surface area contributed by atoms with Crippen LogP contribution in [0.2, 0.25) is 0 Å². The van der Waals surface area contributed by atoms with Crippen LogP contribution in [0.25, 0.3) is 21.9 Å². The van der Waals surface area contributed by atoms with Gasteiger partial charge >= 0.3 is 0 Å². The number of amides is 1. The van der Waals surface area contributed by atoms with Crippen molar-refractivity contribution in [1.29, 1.82) is 0 Å². The summed E-state index contributed by atoms with van der Waals surface area (Å²) in [5.74, 6) is -0.203. The molecule has 0 aliphatic rings. The van der Waals surface area contributed by atoms with Gasteiger partial charge in [0.15, 0.2) is 0 Å². The van der Waals surface area contributed by atoms with E-state index in [4.69, 9.17) is 0 Å². The molecule has 0 radical (unpaired) electrons. The fraction of sp³-hybridized carbons (Fsp3) is 0. The van der Waals surface area contributed by atoms with Gasteiger partial charge in [0, 0.05) is 28.9 Å². The van der Waals surface area contributed by atoms with Crippen LogP contribution in [0.3, 0.4) is 0 Å². The maximum absolute atomic E-state index is 13.0. The molecule has 5 heteroatoms. The molecule has 136 valence electrons. The third kappa shape index (κ3) is 3.33. The summed E-state index contributed by atoms with van der Waals surface area (Å²) >= 11 is 0. The quantitative estimate of drug-likeness (QED) is 0.373. The zero-order chi connectivity index (χ0) is 19.5. The average Bonchev–Trinajstić information content (AvgIpc) is 2.74. The Kier molecular flexibility index (Phi) is 4.56. The van der Waals surface area contributed by atoms with Crippen LogP contribution in [-0.2, 0) is 0 Å². The highest BCUT2D eigenvalue weighted by Crippen LogP contribution is 2.30. The van der Waals surface area contributed by atoms with Crippen LogP contribution in [0.1, 0.15) is 10.4 Å². The van der Waals surface area contributed by atoms with Crippen molar-refractivity contribution in [1.82, 2.24) is 0 Å². The molecule has 0 aliphatic carbocycles. The molecule has 0 heterocycles. The van der Waals surface area contributed by atoms with Gasteiger partial charge in [-0.25, -0.2) is 0 Å². The molecule has 0 saturated carbocycles. The Morgan fingerprint density at radius 2 is 1.46 bits per heavy atom. The summed E-state index contributed by atoms with van der Waals surface area (Å²) in [5, 5.41) is 15.7. The molecule has 0 aromatic heterocycles. The predicted octanol–water partition coefficient (Wildman–Crippen LogP) is 5.67. The van der Waals surface area contributed by atoms with Crippen LogP contribution in [0.15, 0.2) is 91.0 Å². The molecule has 0 saturated heterocycles. The maximum atomic E-state index is 13.0. The van der Waals surface area contributed by atoms with Gasteiger partial charge in [0.25, 0.3) is 11.6 Å². The van der Waals surface area contributed by atoms with Gasteiger partial charge in [-0.1, -0.05) is 54.6 Å². The number of para-hydroxylation sites is 1. The zero-order valence-corrected chi connectivity index (χ0v) is 14.8. The SMILES string of the molecule is O=C(Nc1ccccc1-c1ccc([N+](=O)[O-])cc1)c1cccc2ccccc12. The number of nitrogens with one attached hydrogen (secondary N) is 1. The number of fused-ring (bicyclic) bond motifs is 1. The number of nitro benzene ring substituents is 1. The van der Waals surface area contributed by atoms with E-state index in [0.717, 1.165) is 21.9 Å². The van der Waals surface area contributed by atoms with E-state index in [-0.39, 0.29) is 11.6 Å². The number of carbonyl (C=O) groups excluding carboxylic acids is 1. The molecule has 0 spiro atoms. The van der Waals surface area contributed by atoms with E-state index in [1.807, 2.05) is 60.7 Å². The third-order valence-corrected chi connectivity index (χ3v) is 4.60. The Bertz CT molecular complexity index is 1180. The van der Waals surface area contributed by atoms with E-state index in [9.17, 15) is 14.9 Å². The number of nitrogens with zero attached hydrogens (tertiary/aromatic N) is 1. The van der Waals surface area contributed by atoms with Crippen molar-refractivity contribution in [3.05, 3.63) is 107 Å². The summed E-state index contributed by atoms with van der Waals surface area (Å²) in [5.41, 5.74) is 2.86. The fourth-order valence-corrected chi connectivity index (χ4v) is 3.22. The van der Waals surface area contributed by atoms with E-state index in [1.165, 1.54) is 12.1 Å². The number of rotatable bonds is 4. The number of carbonyl (C=O) groups is 1. The maximum Gasteiger partial charge on any atom is 0.269 e. The molecule has 1 N–H and O–H groups in total. The lowest BCUT2D eigenvalue weighted by atomic mass is 10.0. The fourth-order valence-electron chi connectivity index (χ4n) is 3.22. The molecule has 4 aromatic carbocycles. The first-order chi connectivity index (χ1) is 13.6. The summed E-state index contributed by atoms with van der Waals surface area (Å²) in [6, 6.07) is 27.0. The molecule has 0 bridgehead atoms. The minimum atomic E-state index is -0.433. The summed E-state index contributed by atoms with van der Waals surface area (Å²) in [7, 11) is 0. The van der Waals surface area contributed by atoms with Crippen molar-refractivity contribution < 1.29 is 9.72 Å². The number of hydrogen-bond donors (Lipinski definition) is 1. The van der Waals surface area contributed by atoms with Gasteiger partial charge in [-0.3, -0.25) is 14.9 Å². The van der Waals surface area contributed by atoms with Crippen molar-refractivity contribution in [3.63, 3.8) is 0 Å². The zero-order valence-electron chi connectivity index (χ0n) is 14.8. The van der Waals surface area contributed by atoms with Gasteiger partial charge < -0.3 is 5.32 Å². The molecule has 0 unspecified atom stereocenters. The normalized spacial score (nSPS) is 10.6. The van der Waals surface area contributed by atoms with Crippen LogP contribution >= 0.6 is 0 Å². The highest BCUT2D eigenvalue weighted by atomic mass is 16.6. The third-order valence-electron chi connectivity index (χ3n) is 4.60. The van der Waals surface area contributed by atoms with Gasteiger partial charge in [-0.2, -0.15) is 0 Å². The predicted molar refractivity (Wildman–Crippen MR) is 110 cm³/mol. The number of hydrogen-bond acceptors (Lipinski definition) is 3. The molecule has 0 aliphatic heterocycles. The molecule has 5 nitrogen and oxygen atoms in total. The molecule has 4 aromatic rings. The molecular formula is C23H16N2O3. The van der Waals surface area contributed by atoms with Crippen LogP contribution < -0.4 is 5.32 Å². The Morgan fingerprint density at radius 3 is 2.25 bits per heavy atom. The molecule has 4 rings (SSSR count). The largest absolute Gasteiger partial charge is 0.321 e. The number of non-ortho nitro benzene ring substituents is 1. The van der Waals surface area contributed by atoms with Gasteiger partial charge in [-0.05, 0) is 40.6 Å². The van der Waals surface area contributed by atoms with Crippen molar-refractivity contribution in [3.8, 4) is 11.1 Å². The van der Waals surface area contributed by atoms with Crippen LogP contribution in [0, 0.1) is 10.1 Å². The lowest BCUT2D eigenvalue weighted by Crippen LogP contribution is -2.13.